The van der Waals surface area contributed by atoms with Crippen LogP contribution in [-0.4, -0.2) is 55.9 Å². The Morgan fingerprint density at radius 3 is 2.66 bits per heavy atom. The van der Waals surface area contributed by atoms with E-state index in [0.29, 0.717) is 24.7 Å². The molecule has 8 heteroatoms. The SMILES string of the molecule is O=C1N[C@H](C(=O)N2CCC[C@H](c3nc(-c4ccncc4)ncc3-c3ccccc3)C2)CS1. The van der Waals surface area contributed by atoms with Gasteiger partial charge < -0.3 is 10.2 Å². The van der Waals surface area contributed by atoms with Gasteiger partial charge in [-0.15, -0.1) is 0 Å². The summed E-state index contributed by atoms with van der Waals surface area (Å²) in [5, 5.41) is 2.65. The predicted molar refractivity (Wildman–Crippen MR) is 124 cm³/mol. The molecular formula is C24H23N5O2S. The Bertz CT molecular complexity index is 1130. The summed E-state index contributed by atoms with van der Waals surface area (Å²) < 4.78 is 0. The van der Waals surface area contributed by atoms with E-state index in [4.69, 9.17) is 4.98 Å². The van der Waals surface area contributed by atoms with E-state index in [-0.39, 0.29) is 17.1 Å². The van der Waals surface area contributed by atoms with Crippen molar-refractivity contribution in [3.8, 4) is 22.5 Å². The van der Waals surface area contributed by atoms with Crippen molar-refractivity contribution in [1.29, 1.82) is 0 Å². The number of piperidine rings is 1. The zero-order chi connectivity index (χ0) is 21.9. The van der Waals surface area contributed by atoms with Crippen LogP contribution >= 0.6 is 11.8 Å². The van der Waals surface area contributed by atoms with Crippen molar-refractivity contribution in [1.82, 2.24) is 25.2 Å². The van der Waals surface area contributed by atoms with Gasteiger partial charge >= 0.3 is 0 Å². The molecule has 2 saturated heterocycles. The topological polar surface area (TPSA) is 88.1 Å². The Morgan fingerprint density at radius 2 is 1.91 bits per heavy atom. The summed E-state index contributed by atoms with van der Waals surface area (Å²) in [5.74, 6) is 1.24. The number of likely N-dealkylation sites (tertiary alicyclic amines) is 1. The molecule has 2 amide bonds. The highest BCUT2D eigenvalue weighted by atomic mass is 32.2. The van der Waals surface area contributed by atoms with Crippen molar-refractivity contribution in [2.24, 2.45) is 0 Å². The van der Waals surface area contributed by atoms with Crippen LogP contribution in [0.4, 0.5) is 4.79 Å². The van der Waals surface area contributed by atoms with Crippen molar-refractivity contribution in [3.63, 3.8) is 0 Å². The fraction of sp³-hybridized carbons (Fsp3) is 0.292. The maximum absolute atomic E-state index is 13.0. The van der Waals surface area contributed by atoms with Crippen molar-refractivity contribution in [3.05, 3.63) is 66.7 Å². The average molecular weight is 446 g/mol. The van der Waals surface area contributed by atoms with Crippen LogP contribution in [0.1, 0.15) is 24.5 Å². The molecule has 4 heterocycles. The molecule has 1 aromatic carbocycles. The van der Waals surface area contributed by atoms with Crippen molar-refractivity contribution in [2.75, 3.05) is 18.8 Å². The number of nitrogens with zero attached hydrogens (tertiary/aromatic N) is 4. The van der Waals surface area contributed by atoms with Gasteiger partial charge in [-0.1, -0.05) is 42.1 Å². The fourth-order valence-electron chi connectivity index (χ4n) is 4.32. The number of pyridine rings is 1. The van der Waals surface area contributed by atoms with E-state index in [1.54, 1.807) is 12.4 Å². The van der Waals surface area contributed by atoms with Gasteiger partial charge in [0.05, 0.1) is 5.69 Å². The lowest BCUT2D eigenvalue weighted by Gasteiger charge is -2.34. The molecule has 2 atom stereocenters. The monoisotopic (exact) mass is 445 g/mol. The second-order valence-corrected chi connectivity index (χ2v) is 9.01. The van der Waals surface area contributed by atoms with Crippen LogP contribution in [0.25, 0.3) is 22.5 Å². The number of nitrogens with one attached hydrogen (secondary N) is 1. The van der Waals surface area contributed by atoms with E-state index in [9.17, 15) is 9.59 Å². The number of rotatable bonds is 4. The van der Waals surface area contributed by atoms with Gasteiger partial charge in [-0.05, 0) is 30.5 Å². The number of hydrogen-bond donors (Lipinski definition) is 1. The van der Waals surface area contributed by atoms with Gasteiger partial charge in [0.15, 0.2) is 5.82 Å². The molecule has 2 aromatic heterocycles. The molecule has 0 spiro atoms. The fourth-order valence-corrected chi connectivity index (χ4v) is 5.09. The molecule has 5 rings (SSSR count). The number of thioether (sulfide) groups is 1. The van der Waals surface area contributed by atoms with E-state index in [1.807, 2.05) is 41.4 Å². The number of carbonyl (C=O) groups excluding carboxylic acids is 2. The van der Waals surface area contributed by atoms with Crippen molar-refractivity contribution in [2.45, 2.75) is 24.8 Å². The molecule has 32 heavy (non-hydrogen) atoms. The van der Waals surface area contributed by atoms with E-state index < -0.39 is 6.04 Å². The number of benzene rings is 1. The highest BCUT2D eigenvalue weighted by Crippen LogP contribution is 2.34. The summed E-state index contributed by atoms with van der Waals surface area (Å²) in [5.41, 5.74) is 3.93. The third-order valence-electron chi connectivity index (χ3n) is 5.93. The molecule has 0 bridgehead atoms. The lowest BCUT2D eigenvalue weighted by atomic mass is 9.89. The Hall–Kier alpha value is -3.26. The highest BCUT2D eigenvalue weighted by Gasteiger charge is 2.35. The van der Waals surface area contributed by atoms with Gasteiger partial charge in [-0.3, -0.25) is 14.6 Å². The first kappa shape index (κ1) is 20.6. The Labute approximate surface area is 190 Å². The molecule has 0 saturated carbocycles. The van der Waals surface area contributed by atoms with Gasteiger partial charge in [0.25, 0.3) is 5.24 Å². The molecule has 1 N–H and O–H groups in total. The quantitative estimate of drug-likeness (QED) is 0.658. The largest absolute Gasteiger partial charge is 0.340 e. The van der Waals surface area contributed by atoms with Crippen LogP contribution in [-0.2, 0) is 4.79 Å². The first-order valence-corrected chi connectivity index (χ1v) is 11.7. The zero-order valence-corrected chi connectivity index (χ0v) is 18.3. The van der Waals surface area contributed by atoms with Crippen LogP contribution < -0.4 is 5.32 Å². The minimum Gasteiger partial charge on any atom is -0.340 e. The van der Waals surface area contributed by atoms with Crippen LogP contribution in [0.2, 0.25) is 0 Å². The standard InChI is InChI=1S/C24H23N5O2S/c30-23(20-15-32-24(31)27-20)29-12-4-7-18(14-29)21-19(16-5-2-1-3-6-16)13-26-22(28-21)17-8-10-25-11-9-17/h1-3,5-6,8-11,13,18,20H,4,7,12,14-15H2,(H,27,31)/t18-,20-/m0/s1. The third-order valence-corrected chi connectivity index (χ3v) is 6.81. The lowest BCUT2D eigenvalue weighted by molar-refractivity contribution is -0.133. The smallest absolute Gasteiger partial charge is 0.279 e. The minimum atomic E-state index is -0.433. The van der Waals surface area contributed by atoms with Gasteiger partial charge in [-0.25, -0.2) is 9.97 Å². The Balaban J connectivity index is 1.48. The second kappa shape index (κ2) is 9.08. The summed E-state index contributed by atoms with van der Waals surface area (Å²) >= 11 is 1.17. The van der Waals surface area contributed by atoms with E-state index in [1.165, 1.54) is 11.8 Å². The van der Waals surface area contributed by atoms with Crippen molar-refractivity contribution < 1.29 is 9.59 Å². The molecule has 0 unspecified atom stereocenters. The van der Waals surface area contributed by atoms with E-state index in [0.717, 1.165) is 35.2 Å². The average Bonchev–Trinajstić information content (AvgIpc) is 3.30. The maximum Gasteiger partial charge on any atom is 0.279 e. The molecule has 0 radical (unpaired) electrons. The van der Waals surface area contributed by atoms with Gasteiger partial charge in [0.2, 0.25) is 5.91 Å². The Morgan fingerprint density at radius 1 is 1.09 bits per heavy atom. The van der Waals surface area contributed by atoms with Crippen molar-refractivity contribution >= 4 is 22.9 Å². The van der Waals surface area contributed by atoms with Crippen LogP contribution in [0.3, 0.4) is 0 Å². The van der Waals surface area contributed by atoms with Gasteiger partial charge in [0.1, 0.15) is 6.04 Å². The predicted octanol–water partition coefficient (Wildman–Crippen LogP) is 3.74. The molecule has 2 fully saturated rings. The lowest BCUT2D eigenvalue weighted by Crippen LogP contribution is -2.49. The highest BCUT2D eigenvalue weighted by molar-refractivity contribution is 8.14. The molecule has 3 aromatic rings. The summed E-state index contributed by atoms with van der Waals surface area (Å²) in [6, 6.07) is 13.5. The van der Waals surface area contributed by atoms with Crippen LogP contribution in [0, 0.1) is 0 Å². The van der Waals surface area contributed by atoms with E-state index in [2.05, 4.69) is 27.4 Å². The zero-order valence-electron chi connectivity index (χ0n) is 17.5. The maximum atomic E-state index is 13.0. The van der Waals surface area contributed by atoms with Crippen LogP contribution in [0.5, 0.6) is 0 Å². The molecule has 2 aliphatic heterocycles. The minimum absolute atomic E-state index is 0.00211. The molecule has 7 nitrogen and oxygen atoms in total. The molecule has 2 aliphatic rings. The number of aromatic nitrogens is 3. The summed E-state index contributed by atoms with van der Waals surface area (Å²) in [7, 11) is 0. The third kappa shape index (κ3) is 4.23. The second-order valence-electron chi connectivity index (χ2n) is 8.01. The first-order chi connectivity index (χ1) is 15.7. The van der Waals surface area contributed by atoms with Gasteiger partial charge in [0, 0.05) is 54.5 Å². The summed E-state index contributed by atoms with van der Waals surface area (Å²) in [4.78, 5) is 40.2. The van der Waals surface area contributed by atoms with E-state index >= 15 is 0 Å². The summed E-state index contributed by atoms with van der Waals surface area (Å²) in [6.07, 6.45) is 7.20. The number of hydrogen-bond acceptors (Lipinski definition) is 6. The summed E-state index contributed by atoms with van der Waals surface area (Å²) in [6.45, 7) is 1.29. The Kier molecular flexibility index (Phi) is 5.85. The van der Waals surface area contributed by atoms with Crippen LogP contribution in [0.15, 0.2) is 61.1 Å². The number of carbonyl (C=O) groups is 2. The molecule has 162 valence electrons. The van der Waals surface area contributed by atoms with Gasteiger partial charge in [-0.2, -0.15) is 0 Å². The first-order valence-electron chi connectivity index (χ1n) is 10.7. The normalized spacial score (nSPS) is 20.8. The molecule has 0 aliphatic carbocycles. The molecular weight excluding hydrogens is 422 g/mol. The number of amides is 2.